The highest BCUT2D eigenvalue weighted by Gasteiger charge is 2.19. The second-order valence-corrected chi connectivity index (χ2v) is 6.34. The lowest BCUT2D eigenvalue weighted by Crippen LogP contribution is -2.13. The molecule has 1 aromatic heterocycles. The third-order valence-corrected chi connectivity index (χ3v) is 4.62. The van der Waals surface area contributed by atoms with Gasteiger partial charge in [0, 0.05) is 34.9 Å². The Morgan fingerprint density at radius 3 is 2.70 bits per heavy atom. The zero-order valence-electron chi connectivity index (χ0n) is 15.4. The maximum atomic E-state index is 12.8. The van der Waals surface area contributed by atoms with Crippen molar-refractivity contribution in [3.8, 4) is 22.9 Å². The van der Waals surface area contributed by atoms with Gasteiger partial charge in [-0.2, -0.15) is 0 Å². The molecule has 6 nitrogen and oxygen atoms in total. The van der Waals surface area contributed by atoms with E-state index in [0.29, 0.717) is 22.7 Å². The second-order valence-electron chi connectivity index (χ2n) is 6.34. The molecule has 0 radical (unpaired) electrons. The van der Waals surface area contributed by atoms with Crippen LogP contribution in [-0.2, 0) is 0 Å². The second kappa shape index (κ2) is 6.72. The minimum absolute atomic E-state index is 0.170. The fourth-order valence-electron chi connectivity index (χ4n) is 3.31. The van der Waals surface area contributed by atoms with Crippen molar-refractivity contribution in [1.82, 2.24) is 4.57 Å². The van der Waals surface area contributed by atoms with Crippen molar-refractivity contribution in [1.29, 1.82) is 0 Å². The van der Waals surface area contributed by atoms with Gasteiger partial charge in [-0.05, 0) is 44.2 Å². The van der Waals surface area contributed by atoms with E-state index in [0.717, 1.165) is 22.8 Å². The number of amides is 1. The predicted molar refractivity (Wildman–Crippen MR) is 102 cm³/mol. The highest BCUT2D eigenvalue weighted by Crippen LogP contribution is 2.34. The summed E-state index contributed by atoms with van der Waals surface area (Å²) in [6, 6.07) is 15.0. The van der Waals surface area contributed by atoms with Gasteiger partial charge in [-0.3, -0.25) is 4.79 Å². The molecule has 0 spiro atoms. The van der Waals surface area contributed by atoms with Crippen molar-refractivity contribution in [3.63, 3.8) is 0 Å². The number of carbonyl (C=O) groups excluding carboxylic acids is 1. The molecule has 0 saturated heterocycles. The summed E-state index contributed by atoms with van der Waals surface area (Å²) in [7, 11) is 1.64. The molecule has 2 aromatic carbocycles. The zero-order chi connectivity index (χ0) is 19.0. The highest BCUT2D eigenvalue weighted by molar-refractivity contribution is 6.05. The lowest BCUT2D eigenvalue weighted by molar-refractivity contribution is 0.102. The summed E-state index contributed by atoms with van der Waals surface area (Å²) in [5.41, 5.74) is 4.06. The quantitative estimate of drug-likeness (QED) is 0.758. The van der Waals surface area contributed by atoms with Gasteiger partial charge >= 0.3 is 0 Å². The summed E-state index contributed by atoms with van der Waals surface area (Å²) in [6.07, 6.45) is 0. The van der Waals surface area contributed by atoms with Gasteiger partial charge in [-0.1, -0.05) is 6.07 Å². The molecular weight excluding hydrogens is 344 g/mol. The van der Waals surface area contributed by atoms with Crippen molar-refractivity contribution in [2.45, 2.75) is 13.8 Å². The molecule has 1 aliphatic rings. The molecule has 4 rings (SSSR count). The van der Waals surface area contributed by atoms with Gasteiger partial charge < -0.3 is 24.1 Å². The van der Waals surface area contributed by atoms with Gasteiger partial charge in [-0.25, -0.2) is 0 Å². The average molecular weight is 364 g/mol. The third kappa shape index (κ3) is 3.10. The number of aryl methyl sites for hydroxylation is 1. The molecule has 0 bridgehead atoms. The van der Waals surface area contributed by atoms with Crippen molar-refractivity contribution in [2.75, 3.05) is 19.2 Å². The molecule has 0 fully saturated rings. The van der Waals surface area contributed by atoms with Crippen LogP contribution in [0.25, 0.3) is 5.69 Å². The van der Waals surface area contributed by atoms with E-state index in [1.165, 1.54) is 0 Å². The van der Waals surface area contributed by atoms with Crippen LogP contribution in [-0.4, -0.2) is 24.4 Å². The Kier molecular flexibility index (Phi) is 4.24. The Balaban J connectivity index is 1.63. The molecule has 0 saturated carbocycles. The molecule has 0 unspecified atom stereocenters. The molecule has 0 atom stereocenters. The first-order valence-corrected chi connectivity index (χ1v) is 8.61. The van der Waals surface area contributed by atoms with Crippen LogP contribution in [0.3, 0.4) is 0 Å². The van der Waals surface area contributed by atoms with Gasteiger partial charge in [0.2, 0.25) is 6.79 Å². The van der Waals surface area contributed by atoms with Crippen molar-refractivity contribution >= 4 is 11.6 Å². The Labute approximate surface area is 157 Å². The normalized spacial score (nSPS) is 12.1. The number of aromatic nitrogens is 1. The highest BCUT2D eigenvalue weighted by atomic mass is 16.7. The molecule has 138 valence electrons. The van der Waals surface area contributed by atoms with Crippen LogP contribution in [0.15, 0.2) is 48.5 Å². The first kappa shape index (κ1) is 17.0. The fourth-order valence-corrected chi connectivity index (χ4v) is 3.31. The number of benzene rings is 2. The van der Waals surface area contributed by atoms with E-state index in [2.05, 4.69) is 5.32 Å². The first-order valence-electron chi connectivity index (χ1n) is 8.61. The summed E-state index contributed by atoms with van der Waals surface area (Å²) >= 11 is 0. The number of ether oxygens (including phenoxy) is 3. The number of methoxy groups -OCH3 is 1. The van der Waals surface area contributed by atoms with Crippen LogP contribution >= 0.6 is 0 Å². The van der Waals surface area contributed by atoms with Crippen molar-refractivity contribution in [2.24, 2.45) is 0 Å². The minimum Gasteiger partial charge on any atom is -0.497 e. The maximum Gasteiger partial charge on any atom is 0.257 e. The maximum absolute atomic E-state index is 12.8. The number of rotatable bonds is 4. The SMILES string of the molecule is COc1cccc(-n2c(C)cc(C(=O)Nc3ccc4c(c3)OCO4)c2C)c1. The van der Waals surface area contributed by atoms with Crippen LogP contribution in [0.2, 0.25) is 0 Å². The van der Waals surface area contributed by atoms with E-state index in [1.807, 2.05) is 48.7 Å². The van der Waals surface area contributed by atoms with E-state index in [9.17, 15) is 4.79 Å². The summed E-state index contributed by atoms with van der Waals surface area (Å²) in [4.78, 5) is 12.8. The number of anilines is 1. The number of nitrogens with zero attached hydrogens (tertiary/aromatic N) is 1. The van der Waals surface area contributed by atoms with Gasteiger partial charge in [0.1, 0.15) is 5.75 Å². The molecule has 1 N–H and O–H groups in total. The van der Waals surface area contributed by atoms with Crippen molar-refractivity contribution in [3.05, 3.63) is 65.5 Å². The Hall–Kier alpha value is -3.41. The van der Waals surface area contributed by atoms with Gasteiger partial charge in [0.25, 0.3) is 5.91 Å². The van der Waals surface area contributed by atoms with Crippen LogP contribution in [0.5, 0.6) is 17.2 Å². The fraction of sp³-hybridized carbons (Fsp3) is 0.190. The van der Waals surface area contributed by atoms with E-state index >= 15 is 0 Å². The molecule has 6 heteroatoms. The number of fused-ring (bicyclic) bond motifs is 1. The molecular formula is C21H20N2O4. The monoisotopic (exact) mass is 364 g/mol. The van der Waals surface area contributed by atoms with E-state index in [-0.39, 0.29) is 12.7 Å². The van der Waals surface area contributed by atoms with Crippen LogP contribution in [0.1, 0.15) is 21.7 Å². The lowest BCUT2D eigenvalue weighted by Gasteiger charge is -2.11. The number of nitrogens with one attached hydrogen (secondary N) is 1. The zero-order valence-corrected chi connectivity index (χ0v) is 15.4. The Bertz CT molecular complexity index is 1020. The van der Waals surface area contributed by atoms with Gasteiger partial charge in [0.15, 0.2) is 11.5 Å². The number of hydrogen-bond acceptors (Lipinski definition) is 4. The summed E-state index contributed by atoms with van der Waals surface area (Å²) in [5.74, 6) is 1.92. The predicted octanol–water partition coefficient (Wildman–Crippen LogP) is 4.08. The smallest absolute Gasteiger partial charge is 0.257 e. The van der Waals surface area contributed by atoms with Crippen LogP contribution < -0.4 is 19.5 Å². The summed E-state index contributed by atoms with van der Waals surface area (Å²) in [5, 5.41) is 2.93. The standard InChI is InChI=1S/C21H20N2O4/c1-13-9-18(14(2)23(13)16-5-4-6-17(11-16)25-3)21(24)22-15-7-8-19-20(10-15)27-12-26-19/h4-11H,12H2,1-3H3,(H,22,24). The van der Waals surface area contributed by atoms with Crippen LogP contribution in [0.4, 0.5) is 5.69 Å². The Morgan fingerprint density at radius 2 is 1.89 bits per heavy atom. The largest absolute Gasteiger partial charge is 0.497 e. The lowest BCUT2D eigenvalue weighted by atomic mass is 10.2. The topological polar surface area (TPSA) is 61.7 Å². The number of carbonyl (C=O) groups is 1. The van der Waals surface area contributed by atoms with Crippen LogP contribution in [0, 0.1) is 13.8 Å². The molecule has 1 amide bonds. The third-order valence-electron chi connectivity index (χ3n) is 4.62. The molecule has 3 aromatic rings. The number of hydrogen-bond donors (Lipinski definition) is 1. The molecule has 27 heavy (non-hydrogen) atoms. The first-order chi connectivity index (χ1) is 13.1. The average Bonchev–Trinajstić information content (AvgIpc) is 3.25. The van der Waals surface area contributed by atoms with Crippen molar-refractivity contribution < 1.29 is 19.0 Å². The van der Waals surface area contributed by atoms with E-state index in [1.54, 1.807) is 25.3 Å². The summed E-state index contributed by atoms with van der Waals surface area (Å²) < 4.78 is 18.0. The molecule has 0 aliphatic carbocycles. The van der Waals surface area contributed by atoms with E-state index in [4.69, 9.17) is 14.2 Å². The molecule has 1 aliphatic heterocycles. The van der Waals surface area contributed by atoms with Gasteiger partial charge in [-0.15, -0.1) is 0 Å². The van der Waals surface area contributed by atoms with Gasteiger partial charge in [0.05, 0.1) is 12.7 Å². The molecule has 2 heterocycles. The Morgan fingerprint density at radius 1 is 1.07 bits per heavy atom. The van der Waals surface area contributed by atoms with E-state index < -0.39 is 0 Å². The minimum atomic E-state index is -0.170. The summed E-state index contributed by atoms with van der Waals surface area (Å²) in [6.45, 7) is 4.11.